The van der Waals surface area contributed by atoms with E-state index < -0.39 is 45.3 Å². The molecule has 0 aliphatic rings. The molecule has 0 unspecified atom stereocenters. The average Bonchev–Trinajstić information content (AvgIpc) is 2.37. The molecule has 2 rings (SSSR count). The summed E-state index contributed by atoms with van der Waals surface area (Å²) in [7, 11) is 0. The molecular weight excluding hydrogens is 288 g/mol. The third kappa shape index (κ3) is 2.66. The molecule has 0 fully saturated rings. The lowest BCUT2D eigenvalue weighted by Gasteiger charge is -2.06. The molecule has 9 heteroatoms. The first-order chi connectivity index (χ1) is 9.81. The highest BCUT2D eigenvalue weighted by molar-refractivity contribution is 5.86. The van der Waals surface area contributed by atoms with Crippen molar-refractivity contribution in [1.29, 1.82) is 0 Å². The number of aryl methyl sites for hydroxylation is 1. The molecule has 1 aromatic heterocycles. The molecule has 0 atom stereocenters. The first-order valence-electron chi connectivity index (χ1n) is 5.53. The molecule has 7 nitrogen and oxygen atoms in total. The van der Waals surface area contributed by atoms with Gasteiger partial charge in [0.15, 0.2) is 11.5 Å². The lowest BCUT2D eigenvalue weighted by atomic mass is 10.1. The van der Waals surface area contributed by atoms with E-state index >= 15 is 0 Å². The second-order valence-corrected chi connectivity index (χ2v) is 4.04. The van der Waals surface area contributed by atoms with Gasteiger partial charge in [-0.25, -0.2) is 19.2 Å². The van der Waals surface area contributed by atoms with Crippen LogP contribution in [-0.4, -0.2) is 26.0 Å². The van der Waals surface area contributed by atoms with Gasteiger partial charge in [0, 0.05) is 11.8 Å². The van der Waals surface area contributed by atoms with Crippen LogP contribution in [0.2, 0.25) is 0 Å². The smallest absolute Gasteiger partial charge is 0.354 e. The number of carboxylic acids is 1. The minimum atomic E-state index is -1.46. The summed E-state index contributed by atoms with van der Waals surface area (Å²) in [4.78, 5) is 27.8. The first kappa shape index (κ1) is 14.4. The molecule has 1 aromatic carbocycles. The summed E-state index contributed by atoms with van der Waals surface area (Å²) in [6.45, 7) is 1.41. The van der Waals surface area contributed by atoms with E-state index in [9.17, 15) is 23.7 Å². The van der Waals surface area contributed by atoms with Crippen LogP contribution in [-0.2, 0) is 0 Å². The van der Waals surface area contributed by atoms with Crippen molar-refractivity contribution in [3.63, 3.8) is 0 Å². The number of aromatic carboxylic acids is 1. The molecule has 21 heavy (non-hydrogen) atoms. The number of nitro benzene ring substituents is 1. The topological polar surface area (TPSA) is 106 Å². The normalized spacial score (nSPS) is 10.4. The van der Waals surface area contributed by atoms with E-state index in [0.717, 1.165) is 6.07 Å². The third-order valence-corrected chi connectivity index (χ3v) is 2.56. The molecule has 0 spiro atoms. The molecule has 108 valence electrons. The Kier molecular flexibility index (Phi) is 3.57. The van der Waals surface area contributed by atoms with Crippen LogP contribution >= 0.6 is 0 Å². The number of hydrogen-bond donors (Lipinski definition) is 1. The van der Waals surface area contributed by atoms with Crippen LogP contribution in [0.3, 0.4) is 0 Å². The van der Waals surface area contributed by atoms with Gasteiger partial charge >= 0.3 is 11.7 Å². The predicted molar refractivity (Wildman–Crippen MR) is 65.7 cm³/mol. The van der Waals surface area contributed by atoms with Crippen LogP contribution in [0.1, 0.15) is 16.2 Å². The highest BCUT2D eigenvalue weighted by Gasteiger charge is 2.25. The average molecular weight is 295 g/mol. The summed E-state index contributed by atoms with van der Waals surface area (Å²) in [5.74, 6) is -4.55. The first-order valence-corrected chi connectivity index (χ1v) is 5.53. The Hall–Kier alpha value is -2.97. The maximum absolute atomic E-state index is 14.0. The van der Waals surface area contributed by atoms with Gasteiger partial charge in [0.25, 0.3) is 0 Å². The Morgan fingerprint density at radius 2 is 2.00 bits per heavy atom. The minimum absolute atomic E-state index is 0.155. The summed E-state index contributed by atoms with van der Waals surface area (Å²) < 4.78 is 27.8. The van der Waals surface area contributed by atoms with Crippen molar-refractivity contribution in [3.8, 4) is 11.4 Å². The molecule has 0 saturated heterocycles. The fraction of sp³-hybridized carbons (Fsp3) is 0.0833. The van der Waals surface area contributed by atoms with Crippen molar-refractivity contribution in [2.75, 3.05) is 0 Å². The van der Waals surface area contributed by atoms with Crippen molar-refractivity contribution in [1.82, 2.24) is 9.97 Å². The van der Waals surface area contributed by atoms with Gasteiger partial charge in [-0.05, 0) is 19.1 Å². The quantitative estimate of drug-likeness (QED) is 0.688. The van der Waals surface area contributed by atoms with Gasteiger partial charge in [0.2, 0.25) is 5.82 Å². The second-order valence-electron chi connectivity index (χ2n) is 4.04. The SMILES string of the molecule is Cc1cc(C(=O)O)nc(-c2c(F)ccc([N+](=O)[O-])c2F)n1. The van der Waals surface area contributed by atoms with Crippen LogP contribution in [0.15, 0.2) is 18.2 Å². The van der Waals surface area contributed by atoms with Crippen molar-refractivity contribution in [3.05, 3.63) is 51.3 Å². The Bertz CT molecular complexity index is 764. The number of rotatable bonds is 3. The number of carbonyl (C=O) groups is 1. The summed E-state index contributed by atoms with van der Waals surface area (Å²) >= 11 is 0. The molecular formula is C12H7F2N3O4. The van der Waals surface area contributed by atoms with Gasteiger partial charge in [0.05, 0.1) is 10.5 Å². The van der Waals surface area contributed by atoms with Crippen LogP contribution in [0.25, 0.3) is 11.4 Å². The third-order valence-electron chi connectivity index (χ3n) is 2.56. The van der Waals surface area contributed by atoms with Crippen LogP contribution in [0.4, 0.5) is 14.5 Å². The predicted octanol–water partition coefficient (Wildman–Crippen LogP) is 2.34. The fourth-order valence-corrected chi connectivity index (χ4v) is 1.68. The zero-order valence-corrected chi connectivity index (χ0v) is 10.5. The monoisotopic (exact) mass is 295 g/mol. The summed E-state index contributed by atoms with van der Waals surface area (Å²) in [5.41, 5.74) is -2.10. The van der Waals surface area contributed by atoms with Crippen molar-refractivity contribution in [2.24, 2.45) is 0 Å². The number of halogens is 2. The molecule has 0 radical (unpaired) electrons. The molecule has 1 N–H and O–H groups in total. The largest absolute Gasteiger partial charge is 0.477 e. The van der Waals surface area contributed by atoms with E-state index in [1.54, 1.807) is 0 Å². The van der Waals surface area contributed by atoms with Crippen molar-refractivity contribution in [2.45, 2.75) is 6.92 Å². The Morgan fingerprint density at radius 1 is 1.33 bits per heavy atom. The van der Waals surface area contributed by atoms with Crippen LogP contribution in [0.5, 0.6) is 0 Å². The molecule has 0 aliphatic heterocycles. The number of nitrogens with zero attached hydrogens (tertiary/aromatic N) is 3. The number of hydrogen-bond acceptors (Lipinski definition) is 5. The number of aromatic nitrogens is 2. The van der Waals surface area contributed by atoms with Crippen LogP contribution in [0, 0.1) is 28.7 Å². The fourth-order valence-electron chi connectivity index (χ4n) is 1.68. The zero-order chi connectivity index (χ0) is 15.7. The van der Waals surface area contributed by atoms with Gasteiger partial charge < -0.3 is 5.11 Å². The van der Waals surface area contributed by atoms with Crippen LogP contribution < -0.4 is 0 Å². The van der Waals surface area contributed by atoms with E-state index in [0.29, 0.717) is 12.1 Å². The van der Waals surface area contributed by atoms with E-state index in [2.05, 4.69) is 9.97 Å². The van der Waals surface area contributed by atoms with Gasteiger partial charge in [-0.15, -0.1) is 0 Å². The number of nitro groups is 1. The second kappa shape index (κ2) is 5.19. The van der Waals surface area contributed by atoms with E-state index in [4.69, 9.17) is 5.11 Å². The molecule has 2 aromatic rings. The standard InChI is InChI=1S/C12H7F2N3O4/c1-5-4-7(12(18)19)16-11(15-5)9-6(13)2-3-8(10(9)14)17(20)21/h2-4H,1H3,(H,18,19). The Morgan fingerprint density at radius 3 is 2.57 bits per heavy atom. The minimum Gasteiger partial charge on any atom is -0.477 e. The van der Waals surface area contributed by atoms with Crippen molar-refractivity contribution < 1.29 is 23.6 Å². The Labute approximate surface area is 116 Å². The highest BCUT2D eigenvalue weighted by Crippen LogP contribution is 2.29. The summed E-state index contributed by atoms with van der Waals surface area (Å²) in [6.07, 6.45) is 0. The summed E-state index contributed by atoms with van der Waals surface area (Å²) in [6, 6.07) is 2.48. The Balaban J connectivity index is 2.75. The van der Waals surface area contributed by atoms with Gasteiger partial charge in [-0.3, -0.25) is 10.1 Å². The van der Waals surface area contributed by atoms with E-state index in [1.807, 2.05) is 0 Å². The lowest BCUT2D eigenvalue weighted by Crippen LogP contribution is -2.07. The maximum Gasteiger partial charge on any atom is 0.354 e. The number of benzene rings is 1. The van der Waals surface area contributed by atoms with E-state index in [-0.39, 0.29) is 5.69 Å². The summed E-state index contributed by atoms with van der Waals surface area (Å²) in [5, 5.41) is 19.5. The maximum atomic E-state index is 14.0. The molecule has 0 amide bonds. The molecule has 0 aliphatic carbocycles. The van der Waals surface area contributed by atoms with Gasteiger partial charge in [0.1, 0.15) is 5.82 Å². The molecule has 1 heterocycles. The lowest BCUT2D eigenvalue weighted by molar-refractivity contribution is -0.387. The van der Waals surface area contributed by atoms with Gasteiger partial charge in [-0.1, -0.05) is 0 Å². The number of carboxylic acid groups (broad SMARTS) is 1. The highest BCUT2D eigenvalue weighted by atomic mass is 19.1. The van der Waals surface area contributed by atoms with Gasteiger partial charge in [-0.2, -0.15) is 4.39 Å². The zero-order valence-electron chi connectivity index (χ0n) is 10.5. The van der Waals surface area contributed by atoms with Crippen molar-refractivity contribution >= 4 is 11.7 Å². The molecule has 0 bridgehead atoms. The molecule has 0 saturated carbocycles. The van der Waals surface area contributed by atoms with E-state index in [1.165, 1.54) is 6.92 Å².